The monoisotopic (exact) mass is 236 g/mol. The summed E-state index contributed by atoms with van der Waals surface area (Å²) in [6.07, 6.45) is 7.81. The van der Waals surface area contributed by atoms with Crippen molar-refractivity contribution in [3.05, 3.63) is 35.2 Å². The second-order valence-electron chi connectivity index (χ2n) is 4.17. The van der Waals surface area contributed by atoms with E-state index in [1.165, 1.54) is 25.7 Å². The van der Waals surface area contributed by atoms with Crippen molar-refractivity contribution in [1.29, 1.82) is 0 Å². The Balaban J connectivity index is 2.12. The highest BCUT2D eigenvalue weighted by Crippen LogP contribution is 2.29. The molecule has 0 fully saturated rings. The van der Waals surface area contributed by atoms with Gasteiger partial charge in [-0.25, -0.2) is 0 Å². The van der Waals surface area contributed by atoms with Crippen molar-refractivity contribution in [3.8, 4) is 0 Å². The van der Waals surface area contributed by atoms with E-state index in [-0.39, 0.29) is 0 Å². The van der Waals surface area contributed by atoms with E-state index in [0.29, 0.717) is 0 Å². The molecule has 86 valence electrons. The molecule has 1 heterocycles. The van der Waals surface area contributed by atoms with E-state index in [2.05, 4.69) is 6.92 Å². The normalized spacial score (nSPS) is 11.1. The van der Waals surface area contributed by atoms with Gasteiger partial charge in [-0.1, -0.05) is 49.9 Å². The van der Waals surface area contributed by atoms with Gasteiger partial charge < -0.3 is 4.42 Å². The molecule has 0 bridgehead atoms. The van der Waals surface area contributed by atoms with Crippen LogP contribution in [0.25, 0.3) is 10.8 Å². The Morgan fingerprint density at radius 2 is 2.06 bits per heavy atom. The van der Waals surface area contributed by atoms with Gasteiger partial charge >= 0.3 is 0 Å². The number of benzene rings is 1. The summed E-state index contributed by atoms with van der Waals surface area (Å²) in [5.41, 5.74) is 0. The van der Waals surface area contributed by atoms with Gasteiger partial charge in [0.25, 0.3) is 0 Å². The van der Waals surface area contributed by atoms with Gasteiger partial charge in [0.05, 0.1) is 11.3 Å². The molecule has 0 saturated carbocycles. The Bertz CT molecular complexity index is 459. The second-order valence-corrected chi connectivity index (χ2v) is 4.58. The molecule has 2 aromatic rings. The lowest BCUT2D eigenvalue weighted by Crippen LogP contribution is -1.84. The first-order valence-corrected chi connectivity index (χ1v) is 6.35. The van der Waals surface area contributed by atoms with Crippen LogP contribution < -0.4 is 0 Å². The summed E-state index contributed by atoms with van der Waals surface area (Å²) in [6, 6.07) is 5.93. The Morgan fingerprint density at radius 1 is 1.19 bits per heavy atom. The lowest BCUT2D eigenvalue weighted by atomic mass is 10.1. The maximum Gasteiger partial charge on any atom is 0.113 e. The highest BCUT2D eigenvalue weighted by atomic mass is 35.5. The minimum absolute atomic E-state index is 0.803. The third-order valence-corrected chi connectivity index (χ3v) is 3.23. The van der Waals surface area contributed by atoms with Crippen LogP contribution in [0.2, 0.25) is 5.02 Å². The molecule has 0 saturated heterocycles. The van der Waals surface area contributed by atoms with Crippen LogP contribution in [0.5, 0.6) is 0 Å². The summed E-state index contributed by atoms with van der Waals surface area (Å²) < 4.78 is 5.59. The van der Waals surface area contributed by atoms with Crippen molar-refractivity contribution in [2.45, 2.75) is 39.0 Å². The largest absolute Gasteiger partial charge is 0.468 e. The molecular weight excluding hydrogens is 220 g/mol. The summed E-state index contributed by atoms with van der Waals surface area (Å²) in [7, 11) is 0. The van der Waals surface area contributed by atoms with Crippen molar-refractivity contribution >= 4 is 22.4 Å². The number of unbranched alkanes of at least 4 members (excludes halogenated alkanes) is 3. The molecular formula is C14H17ClO. The molecule has 1 aromatic carbocycles. The van der Waals surface area contributed by atoms with Crippen LogP contribution >= 0.6 is 11.6 Å². The van der Waals surface area contributed by atoms with Crippen molar-refractivity contribution < 1.29 is 4.42 Å². The lowest BCUT2D eigenvalue weighted by molar-refractivity contribution is 0.500. The van der Waals surface area contributed by atoms with E-state index in [1.807, 2.05) is 18.2 Å². The van der Waals surface area contributed by atoms with E-state index >= 15 is 0 Å². The van der Waals surface area contributed by atoms with Crippen LogP contribution in [-0.2, 0) is 6.42 Å². The predicted octanol–water partition coefficient (Wildman–Crippen LogP) is 5.21. The van der Waals surface area contributed by atoms with Crippen LogP contribution in [0.3, 0.4) is 0 Å². The van der Waals surface area contributed by atoms with Gasteiger partial charge in [-0.3, -0.25) is 0 Å². The van der Waals surface area contributed by atoms with Gasteiger partial charge in [-0.05, 0) is 12.5 Å². The number of hydrogen-bond acceptors (Lipinski definition) is 1. The van der Waals surface area contributed by atoms with Gasteiger partial charge in [-0.15, -0.1) is 0 Å². The molecule has 0 atom stereocenters. The van der Waals surface area contributed by atoms with Gasteiger partial charge in [0.1, 0.15) is 5.76 Å². The zero-order chi connectivity index (χ0) is 11.4. The topological polar surface area (TPSA) is 13.1 Å². The van der Waals surface area contributed by atoms with Crippen molar-refractivity contribution in [2.75, 3.05) is 0 Å². The molecule has 0 amide bonds. The first-order valence-electron chi connectivity index (χ1n) is 5.97. The highest BCUT2D eigenvalue weighted by molar-refractivity contribution is 6.35. The molecule has 0 spiro atoms. The Hall–Kier alpha value is -0.950. The number of aryl methyl sites for hydroxylation is 1. The minimum Gasteiger partial charge on any atom is -0.468 e. The zero-order valence-corrected chi connectivity index (χ0v) is 10.4. The van der Waals surface area contributed by atoms with Crippen molar-refractivity contribution in [3.63, 3.8) is 0 Å². The highest BCUT2D eigenvalue weighted by Gasteiger charge is 2.08. The van der Waals surface area contributed by atoms with Gasteiger partial charge in [-0.2, -0.15) is 0 Å². The molecule has 2 heteroatoms. The zero-order valence-electron chi connectivity index (χ0n) is 9.63. The van der Waals surface area contributed by atoms with Gasteiger partial charge in [0.2, 0.25) is 0 Å². The smallest absolute Gasteiger partial charge is 0.113 e. The fourth-order valence-electron chi connectivity index (χ4n) is 2.02. The minimum atomic E-state index is 0.803. The Morgan fingerprint density at radius 3 is 2.88 bits per heavy atom. The number of halogens is 1. The molecule has 0 aliphatic carbocycles. The number of fused-ring (bicyclic) bond motifs is 1. The molecule has 1 nitrogen and oxygen atoms in total. The summed E-state index contributed by atoms with van der Waals surface area (Å²) in [6.45, 7) is 2.22. The van der Waals surface area contributed by atoms with E-state index < -0.39 is 0 Å². The molecule has 2 rings (SSSR count). The van der Waals surface area contributed by atoms with Crippen molar-refractivity contribution in [2.24, 2.45) is 0 Å². The van der Waals surface area contributed by atoms with Crippen LogP contribution in [0.4, 0.5) is 0 Å². The third-order valence-electron chi connectivity index (χ3n) is 2.91. The second kappa shape index (κ2) is 5.40. The van der Waals surface area contributed by atoms with E-state index in [0.717, 1.165) is 28.0 Å². The van der Waals surface area contributed by atoms with Crippen LogP contribution in [0.15, 0.2) is 28.9 Å². The fourth-order valence-corrected chi connectivity index (χ4v) is 2.31. The molecule has 0 aliphatic rings. The standard InChI is InChI=1S/C14H17ClO/c1-2-3-4-5-9-13-14-11(10-16-13)7-6-8-12(14)15/h6-8,10H,2-5,9H2,1H3. The summed E-state index contributed by atoms with van der Waals surface area (Å²) in [4.78, 5) is 0. The quantitative estimate of drug-likeness (QED) is 0.650. The molecule has 1 aromatic heterocycles. The van der Waals surface area contributed by atoms with Gasteiger partial charge in [0, 0.05) is 17.2 Å². The number of furan rings is 1. The third kappa shape index (κ3) is 2.41. The van der Waals surface area contributed by atoms with E-state index in [9.17, 15) is 0 Å². The molecule has 0 N–H and O–H groups in total. The van der Waals surface area contributed by atoms with Crippen molar-refractivity contribution in [1.82, 2.24) is 0 Å². The Kier molecular flexibility index (Phi) is 3.89. The van der Waals surface area contributed by atoms with E-state index in [1.54, 1.807) is 6.26 Å². The van der Waals surface area contributed by atoms with Gasteiger partial charge in [0.15, 0.2) is 0 Å². The lowest BCUT2D eigenvalue weighted by Gasteiger charge is -1.99. The number of hydrogen-bond donors (Lipinski definition) is 0. The average Bonchev–Trinajstić information content (AvgIpc) is 2.69. The first-order chi connectivity index (χ1) is 7.83. The summed E-state index contributed by atoms with van der Waals surface area (Å²) in [5.74, 6) is 1.04. The van der Waals surface area contributed by atoms with Crippen LogP contribution in [-0.4, -0.2) is 0 Å². The molecule has 0 radical (unpaired) electrons. The van der Waals surface area contributed by atoms with Crippen LogP contribution in [0.1, 0.15) is 38.4 Å². The van der Waals surface area contributed by atoms with E-state index in [4.69, 9.17) is 16.0 Å². The maximum absolute atomic E-state index is 6.18. The molecule has 0 aliphatic heterocycles. The maximum atomic E-state index is 6.18. The van der Waals surface area contributed by atoms with Crippen LogP contribution in [0, 0.1) is 0 Å². The first kappa shape index (κ1) is 11.5. The predicted molar refractivity (Wildman–Crippen MR) is 69.1 cm³/mol. The fraction of sp³-hybridized carbons (Fsp3) is 0.429. The summed E-state index contributed by atoms with van der Waals surface area (Å²) >= 11 is 6.18. The molecule has 16 heavy (non-hydrogen) atoms. The number of rotatable bonds is 5. The average molecular weight is 237 g/mol. The molecule has 0 unspecified atom stereocenters. The summed E-state index contributed by atoms with van der Waals surface area (Å²) in [5, 5.41) is 3.01. The Labute approximate surface area is 101 Å². The SMILES string of the molecule is CCCCCCc1occ2cccc(Cl)c12.